The maximum absolute atomic E-state index is 11.8. The minimum Gasteiger partial charge on any atom is -0.465 e. The van der Waals surface area contributed by atoms with Crippen molar-refractivity contribution in [1.29, 1.82) is 0 Å². The number of piperidine rings is 1. The van der Waals surface area contributed by atoms with E-state index in [0.717, 1.165) is 6.54 Å². The molecule has 5 heteroatoms. The first kappa shape index (κ1) is 13.8. The maximum Gasteiger partial charge on any atom is 0.343 e. The molecule has 0 amide bonds. The first-order valence-corrected chi connectivity index (χ1v) is 6.69. The molecule has 3 atom stereocenters. The molecular formula is C14H21N3O2. The van der Waals surface area contributed by atoms with Crippen LogP contribution in [0.25, 0.3) is 0 Å². The molecule has 1 aromatic heterocycles. The molecule has 2 heterocycles. The number of hydrogen-bond donors (Lipinski definition) is 0. The minimum atomic E-state index is -0.381. The molecule has 0 bridgehead atoms. The fourth-order valence-corrected chi connectivity index (χ4v) is 2.80. The van der Waals surface area contributed by atoms with E-state index in [2.05, 4.69) is 35.6 Å². The fraction of sp³-hybridized carbons (Fsp3) is 0.643. The highest BCUT2D eigenvalue weighted by atomic mass is 16.5. The number of carbonyl (C=O) groups excluding carboxylic acids is 1. The van der Waals surface area contributed by atoms with Crippen molar-refractivity contribution in [3.05, 3.63) is 18.1 Å². The number of esters is 1. The molecule has 3 unspecified atom stereocenters. The Hall–Kier alpha value is -1.65. The third kappa shape index (κ3) is 2.69. The lowest BCUT2D eigenvalue weighted by Gasteiger charge is -2.42. The highest BCUT2D eigenvalue weighted by Gasteiger charge is 2.32. The predicted molar refractivity (Wildman–Crippen MR) is 73.1 cm³/mol. The summed E-state index contributed by atoms with van der Waals surface area (Å²) in [5, 5.41) is 0. The Morgan fingerprint density at radius 2 is 2.16 bits per heavy atom. The van der Waals surface area contributed by atoms with Gasteiger partial charge in [0.2, 0.25) is 0 Å². The van der Waals surface area contributed by atoms with Gasteiger partial charge in [0, 0.05) is 18.8 Å². The molecule has 1 aliphatic rings. The zero-order chi connectivity index (χ0) is 14.0. The Morgan fingerprint density at radius 3 is 2.84 bits per heavy atom. The van der Waals surface area contributed by atoms with Crippen LogP contribution in [0.2, 0.25) is 0 Å². The van der Waals surface area contributed by atoms with Crippen molar-refractivity contribution in [2.75, 3.05) is 18.6 Å². The van der Waals surface area contributed by atoms with Crippen LogP contribution >= 0.6 is 0 Å². The Bertz CT molecular complexity index is 464. The van der Waals surface area contributed by atoms with Gasteiger partial charge in [0.05, 0.1) is 7.11 Å². The van der Waals surface area contributed by atoms with Crippen molar-refractivity contribution in [3.8, 4) is 0 Å². The molecule has 0 aromatic carbocycles. The molecule has 0 saturated carbocycles. The second kappa shape index (κ2) is 5.55. The summed E-state index contributed by atoms with van der Waals surface area (Å²) in [6.07, 6.45) is 4.22. The molecule has 0 N–H and O–H groups in total. The molecule has 0 spiro atoms. The summed E-state index contributed by atoms with van der Waals surface area (Å²) in [5.41, 5.74) is 0.443. The number of nitrogens with zero attached hydrogens (tertiary/aromatic N) is 3. The summed E-state index contributed by atoms with van der Waals surface area (Å²) in [6, 6.07) is 0.356. The molecule has 5 nitrogen and oxygen atoms in total. The monoisotopic (exact) mass is 263 g/mol. The molecule has 1 fully saturated rings. The van der Waals surface area contributed by atoms with Gasteiger partial charge in [-0.2, -0.15) is 0 Å². The van der Waals surface area contributed by atoms with Crippen molar-refractivity contribution in [2.24, 2.45) is 11.8 Å². The van der Waals surface area contributed by atoms with Crippen molar-refractivity contribution in [2.45, 2.75) is 33.2 Å². The number of hydrogen-bond acceptors (Lipinski definition) is 5. The average molecular weight is 263 g/mol. The van der Waals surface area contributed by atoms with Crippen LogP contribution in [0.5, 0.6) is 0 Å². The van der Waals surface area contributed by atoms with E-state index in [4.69, 9.17) is 4.74 Å². The molecule has 0 radical (unpaired) electrons. The van der Waals surface area contributed by atoms with Gasteiger partial charge in [-0.15, -0.1) is 0 Å². The van der Waals surface area contributed by atoms with Gasteiger partial charge in [0.15, 0.2) is 0 Å². The summed E-state index contributed by atoms with van der Waals surface area (Å²) >= 11 is 0. The van der Waals surface area contributed by atoms with Crippen LogP contribution in [0.4, 0.5) is 5.82 Å². The lowest BCUT2D eigenvalue weighted by atomic mass is 9.86. The maximum atomic E-state index is 11.8. The predicted octanol–water partition coefficient (Wildman–Crippen LogP) is 2.13. The van der Waals surface area contributed by atoms with Crippen LogP contribution < -0.4 is 4.90 Å². The van der Waals surface area contributed by atoms with E-state index in [1.54, 1.807) is 0 Å². The van der Waals surface area contributed by atoms with E-state index in [1.807, 2.05) is 0 Å². The van der Waals surface area contributed by atoms with E-state index in [1.165, 1.54) is 26.1 Å². The van der Waals surface area contributed by atoms with E-state index in [-0.39, 0.29) is 5.97 Å². The van der Waals surface area contributed by atoms with Gasteiger partial charge in [-0.3, -0.25) is 0 Å². The van der Waals surface area contributed by atoms with Gasteiger partial charge >= 0.3 is 5.97 Å². The zero-order valence-electron chi connectivity index (χ0n) is 12.0. The van der Waals surface area contributed by atoms with Gasteiger partial charge in [0.25, 0.3) is 0 Å². The van der Waals surface area contributed by atoms with Gasteiger partial charge < -0.3 is 9.64 Å². The van der Waals surface area contributed by atoms with Gasteiger partial charge in [-0.05, 0) is 25.2 Å². The Balaban J connectivity index is 2.37. The normalized spacial score (nSPS) is 27.2. The Kier molecular flexibility index (Phi) is 4.02. The smallest absolute Gasteiger partial charge is 0.343 e. The SMILES string of the molecule is COC(=O)c1cncnc1N1CC(C)CC(C)C1C. The quantitative estimate of drug-likeness (QED) is 0.765. The average Bonchev–Trinajstić information content (AvgIpc) is 2.42. The van der Waals surface area contributed by atoms with E-state index in [0.29, 0.717) is 29.3 Å². The number of aromatic nitrogens is 2. The third-order valence-electron chi connectivity index (χ3n) is 3.97. The van der Waals surface area contributed by atoms with Crippen molar-refractivity contribution >= 4 is 11.8 Å². The topological polar surface area (TPSA) is 55.3 Å². The number of rotatable bonds is 2. The third-order valence-corrected chi connectivity index (χ3v) is 3.97. The van der Waals surface area contributed by atoms with Crippen molar-refractivity contribution < 1.29 is 9.53 Å². The van der Waals surface area contributed by atoms with Gasteiger partial charge in [-0.1, -0.05) is 13.8 Å². The van der Waals surface area contributed by atoms with E-state index in [9.17, 15) is 4.79 Å². The second-order valence-electron chi connectivity index (χ2n) is 5.46. The zero-order valence-corrected chi connectivity index (χ0v) is 12.0. The number of ether oxygens (including phenoxy) is 1. The molecule has 1 aliphatic heterocycles. The largest absolute Gasteiger partial charge is 0.465 e. The molecular weight excluding hydrogens is 242 g/mol. The van der Waals surface area contributed by atoms with Gasteiger partial charge in [0.1, 0.15) is 17.7 Å². The second-order valence-corrected chi connectivity index (χ2v) is 5.46. The molecule has 2 rings (SSSR count). The fourth-order valence-electron chi connectivity index (χ4n) is 2.80. The van der Waals surface area contributed by atoms with Gasteiger partial charge in [-0.25, -0.2) is 14.8 Å². The van der Waals surface area contributed by atoms with Crippen LogP contribution in [0.1, 0.15) is 37.6 Å². The van der Waals surface area contributed by atoms with Crippen LogP contribution in [-0.4, -0.2) is 35.6 Å². The summed E-state index contributed by atoms with van der Waals surface area (Å²) in [4.78, 5) is 22.3. The first-order chi connectivity index (χ1) is 9.04. The van der Waals surface area contributed by atoms with Crippen molar-refractivity contribution in [3.63, 3.8) is 0 Å². The number of anilines is 1. The van der Waals surface area contributed by atoms with E-state index >= 15 is 0 Å². The molecule has 1 aromatic rings. The summed E-state index contributed by atoms with van der Waals surface area (Å²) in [6.45, 7) is 7.56. The molecule has 19 heavy (non-hydrogen) atoms. The first-order valence-electron chi connectivity index (χ1n) is 6.69. The molecule has 104 valence electrons. The van der Waals surface area contributed by atoms with Crippen LogP contribution in [0, 0.1) is 11.8 Å². The summed E-state index contributed by atoms with van der Waals surface area (Å²) in [7, 11) is 1.38. The standard InChI is InChI=1S/C14H21N3O2/c1-9-5-10(2)11(3)17(7-9)13-12(14(18)19-4)6-15-8-16-13/h6,8-11H,5,7H2,1-4H3. The summed E-state index contributed by atoms with van der Waals surface area (Å²) in [5.74, 6) is 1.47. The summed E-state index contributed by atoms with van der Waals surface area (Å²) < 4.78 is 4.81. The minimum absolute atomic E-state index is 0.356. The van der Waals surface area contributed by atoms with Crippen LogP contribution in [0.3, 0.4) is 0 Å². The highest BCUT2D eigenvalue weighted by Crippen LogP contribution is 2.31. The Labute approximate surface area is 114 Å². The number of methoxy groups -OCH3 is 1. The number of carbonyl (C=O) groups is 1. The molecule has 1 saturated heterocycles. The van der Waals surface area contributed by atoms with Crippen LogP contribution in [-0.2, 0) is 4.74 Å². The van der Waals surface area contributed by atoms with E-state index < -0.39 is 0 Å². The Morgan fingerprint density at radius 1 is 1.42 bits per heavy atom. The lowest BCUT2D eigenvalue weighted by molar-refractivity contribution is 0.0600. The van der Waals surface area contributed by atoms with Crippen molar-refractivity contribution in [1.82, 2.24) is 9.97 Å². The lowest BCUT2D eigenvalue weighted by Crippen LogP contribution is -2.46. The highest BCUT2D eigenvalue weighted by molar-refractivity contribution is 5.94. The van der Waals surface area contributed by atoms with Crippen LogP contribution in [0.15, 0.2) is 12.5 Å². The molecule has 0 aliphatic carbocycles.